The highest BCUT2D eigenvalue weighted by molar-refractivity contribution is 9.10. The van der Waals surface area contributed by atoms with Gasteiger partial charge in [0.05, 0.1) is 12.1 Å². The van der Waals surface area contributed by atoms with Crippen LogP contribution < -0.4 is 0 Å². The summed E-state index contributed by atoms with van der Waals surface area (Å²) in [4.78, 5) is 14.8. The Balaban J connectivity index is 1.91. The van der Waals surface area contributed by atoms with Crippen LogP contribution in [0.15, 0.2) is 21.2 Å². The van der Waals surface area contributed by atoms with E-state index in [4.69, 9.17) is 9.15 Å². The van der Waals surface area contributed by atoms with Gasteiger partial charge in [0.15, 0.2) is 10.3 Å². The minimum absolute atomic E-state index is 0.0884. The van der Waals surface area contributed by atoms with Crippen LogP contribution in [0.2, 0.25) is 0 Å². The Morgan fingerprint density at radius 3 is 2.82 bits per heavy atom. The van der Waals surface area contributed by atoms with Gasteiger partial charge in [0.1, 0.15) is 5.69 Å². The maximum absolute atomic E-state index is 12.9. The summed E-state index contributed by atoms with van der Waals surface area (Å²) in [5, 5.41) is 0. The molecule has 1 fully saturated rings. The second-order valence-electron chi connectivity index (χ2n) is 5.95. The first-order valence-electron chi connectivity index (χ1n) is 7.67. The summed E-state index contributed by atoms with van der Waals surface area (Å²) in [5.41, 5.74) is 2.35. The minimum atomic E-state index is 0.0884. The van der Waals surface area contributed by atoms with Gasteiger partial charge in [0.2, 0.25) is 0 Å². The number of hydrogen-bond acceptors (Lipinski definition) is 3. The van der Waals surface area contributed by atoms with Crippen LogP contribution in [0.25, 0.3) is 11.1 Å². The molecule has 0 N–H and O–H groups in total. The van der Waals surface area contributed by atoms with Gasteiger partial charge in [0, 0.05) is 38.9 Å². The molecule has 0 saturated carbocycles. The molecular weight excluding hydrogens is 348 g/mol. The molecule has 0 aliphatic carbocycles. The number of hydrogen-bond donors (Lipinski definition) is 0. The average Bonchev–Trinajstić information content (AvgIpc) is 3.01. The van der Waals surface area contributed by atoms with Crippen LogP contribution in [0, 0.1) is 5.92 Å². The summed E-state index contributed by atoms with van der Waals surface area (Å²) in [6.45, 7) is 5.11. The van der Waals surface area contributed by atoms with E-state index in [9.17, 15) is 4.79 Å². The summed E-state index contributed by atoms with van der Waals surface area (Å²) < 4.78 is 13.5. The van der Waals surface area contributed by atoms with Crippen molar-refractivity contribution in [3.63, 3.8) is 0 Å². The fraction of sp³-hybridized carbons (Fsp3) is 0.562. The summed E-state index contributed by atoms with van der Waals surface area (Å²) in [6.07, 6.45) is 2.15. The Morgan fingerprint density at radius 2 is 2.14 bits per heavy atom. The van der Waals surface area contributed by atoms with Crippen molar-refractivity contribution in [2.24, 2.45) is 5.92 Å². The number of amides is 1. The SMILES string of the molecule is COCCn1c(C(=O)N2CCC(C)CC2)cc2oc(Br)cc21. The molecule has 1 aliphatic heterocycles. The maximum Gasteiger partial charge on any atom is 0.270 e. The number of aromatic nitrogens is 1. The van der Waals surface area contributed by atoms with Gasteiger partial charge in [-0.25, -0.2) is 0 Å². The van der Waals surface area contributed by atoms with E-state index >= 15 is 0 Å². The van der Waals surface area contributed by atoms with Gasteiger partial charge in [-0.3, -0.25) is 4.79 Å². The third-order valence-electron chi connectivity index (χ3n) is 4.37. The highest BCUT2D eigenvalue weighted by Crippen LogP contribution is 2.28. The summed E-state index contributed by atoms with van der Waals surface area (Å²) in [6, 6.07) is 3.75. The number of fused-ring (bicyclic) bond motifs is 1. The molecule has 1 aliphatic rings. The first kappa shape index (κ1) is 15.6. The first-order valence-corrected chi connectivity index (χ1v) is 8.46. The van der Waals surface area contributed by atoms with Crippen LogP contribution >= 0.6 is 15.9 Å². The van der Waals surface area contributed by atoms with Crippen LogP contribution in [0.1, 0.15) is 30.3 Å². The van der Waals surface area contributed by atoms with Gasteiger partial charge >= 0.3 is 0 Å². The predicted molar refractivity (Wildman–Crippen MR) is 88.1 cm³/mol. The van der Waals surface area contributed by atoms with E-state index in [2.05, 4.69) is 22.9 Å². The Morgan fingerprint density at radius 1 is 1.41 bits per heavy atom. The monoisotopic (exact) mass is 368 g/mol. The number of furan rings is 1. The number of carbonyl (C=O) groups excluding carboxylic acids is 1. The van der Waals surface area contributed by atoms with Crippen molar-refractivity contribution in [1.82, 2.24) is 9.47 Å². The molecule has 6 heteroatoms. The van der Waals surface area contributed by atoms with Crippen LogP contribution in [0.3, 0.4) is 0 Å². The van der Waals surface area contributed by atoms with Crippen molar-refractivity contribution in [1.29, 1.82) is 0 Å². The van der Waals surface area contributed by atoms with E-state index in [0.29, 0.717) is 29.4 Å². The third kappa shape index (κ3) is 2.94. The molecule has 0 spiro atoms. The molecule has 3 heterocycles. The number of likely N-dealkylation sites (tertiary alicyclic amines) is 1. The molecule has 0 radical (unpaired) electrons. The Bertz CT molecular complexity index is 668. The highest BCUT2D eigenvalue weighted by Gasteiger charge is 2.25. The zero-order valence-electron chi connectivity index (χ0n) is 13.0. The van der Waals surface area contributed by atoms with Gasteiger partial charge < -0.3 is 18.6 Å². The molecule has 22 heavy (non-hydrogen) atoms. The molecular formula is C16H21BrN2O3. The molecule has 120 valence electrons. The lowest BCUT2D eigenvalue weighted by molar-refractivity contribution is 0.0684. The zero-order valence-corrected chi connectivity index (χ0v) is 14.6. The van der Waals surface area contributed by atoms with Crippen LogP contribution in [0.4, 0.5) is 0 Å². The van der Waals surface area contributed by atoms with Crippen molar-refractivity contribution in [3.8, 4) is 0 Å². The quantitative estimate of drug-likeness (QED) is 0.829. The smallest absolute Gasteiger partial charge is 0.270 e. The Hall–Kier alpha value is -1.27. The van der Waals surface area contributed by atoms with E-state index in [0.717, 1.165) is 37.0 Å². The fourth-order valence-corrected chi connectivity index (χ4v) is 3.38. The molecule has 0 aromatic carbocycles. The first-order chi connectivity index (χ1) is 10.6. The van der Waals surface area contributed by atoms with Gasteiger partial charge in [-0.05, 0) is 34.7 Å². The topological polar surface area (TPSA) is 47.6 Å². The van der Waals surface area contributed by atoms with E-state index in [-0.39, 0.29) is 5.91 Å². The molecule has 1 saturated heterocycles. The lowest BCUT2D eigenvalue weighted by Crippen LogP contribution is -2.38. The van der Waals surface area contributed by atoms with E-state index in [1.165, 1.54) is 0 Å². The summed E-state index contributed by atoms with van der Waals surface area (Å²) in [5.74, 6) is 0.794. The number of piperidine rings is 1. The zero-order chi connectivity index (χ0) is 15.7. The molecule has 1 amide bonds. The van der Waals surface area contributed by atoms with E-state index in [1.807, 2.05) is 21.6 Å². The molecule has 2 aromatic rings. The number of methoxy groups -OCH3 is 1. The van der Waals surface area contributed by atoms with Crippen LogP contribution in [0.5, 0.6) is 0 Å². The van der Waals surface area contributed by atoms with Gasteiger partial charge in [-0.2, -0.15) is 0 Å². The summed E-state index contributed by atoms with van der Waals surface area (Å²) >= 11 is 3.34. The number of halogens is 1. The van der Waals surface area contributed by atoms with E-state index < -0.39 is 0 Å². The minimum Gasteiger partial charge on any atom is -0.448 e. The molecule has 3 rings (SSSR count). The lowest BCUT2D eigenvalue weighted by Gasteiger charge is -2.30. The number of rotatable bonds is 4. The molecule has 0 atom stereocenters. The van der Waals surface area contributed by atoms with Gasteiger partial charge in [0.25, 0.3) is 5.91 Å². The Labute approximate surface area is 138 Å². The van der Waals surface area contributed by atoms with Crippen molar-refractivity contribution >= 4 is 32.9 Å². The molecule has 2 aromatic heterocycles. The van der Waals surface area contributed by atoms with Crippen LogP contribution in [-0.2, 0) is 11.3 Å². The van der Waals surface area contributed by atoms with Gasteiger partial charge in [-0.1, -0.05) is 6.92 Å². The van der Waals surface area contributed by atoms with Crippen molar-refractivity contribution < 1.29 is 13.9 Å². The normalized spacial score (nSPS) is 16.6. The van der Waals surface area contributed by atoms with Gasteiger partial charge in [-0.15, -0.1) is 0 Å². The van der Waals surface area contributed by atoms with Crippen molar-refractivity contribution in [2.75, 3.05) is 26.8 Å². The molecule has 0 unspecified atom stereocenters. The number of ether oxygens (including phenoxy) is 1. The maximum atomic E-state index is 12.9. The Kier molecular flexibility index (Phi) is 4.59. The van der Waals surface area contributed by atoms with Crippen molar-refractivity contribution in [2.45, 2.75) is 26.3 Å². The number of nitrogens with zero attached hydrogens (tertiary/aromatic N) is 2. The molecule has 5 nitrogen and oxygen atoms in total. The molecule has 0 bridgehead atoms. The van der Waals surface area contributed by atoms with Crippen LogP contribution in [-0.4, -0.2) is 42.2 Å². The average molecular weight is 369 g/mol. The van der Waals surface area contributed by atoms with Crippen molar-refractivity contribution in [3.05, 3.63) is 22.5 Å². The second-order valence-corrected chi connectivity index (χ2v) is 6.73. The lowest BCUT2D eigenvalue weighted by atomic mass is 9.99. The largest absolute Gasteiger partial charge is 0.448 e. The second kappa shape index (κ2) is 6.46. The predicted octanol–water partition coefficient (Wildman–Crippen LogP) is 3.52. The fourth-order valence-electron chi connectivity index (χ4n) is 2.99. The number of carbonyl (C=O) groups is 1. The van der Waals surface area contributed by atoms with E-state index in [1.54, 1.807) is 7.11 Å². The standard InChI is InChI=1S/C16H21BrN2O3/c1-11-3-5-18(6-4-11)16(20)13-9-14-12(10-15(17)22-14)19(13)7-8-21-2/h9-11H,3-8H2,1-2H3. The highest BCUT2D eigenvalue weighted by atomic mass is 79.9. The summed E-state index contributed by atoms with van der Waals surface area (Å²) in [7, 11) is 1.67. The third-order valence-corrected chi connectivity index (χ3v) is 4.76.